The number of methoxy groups -OCH3 is 1. The molecular weight excluding hydrogens is 307 g/mol. The molecule has 0 aliphatic heterocycles. The lowest BCUT2D eigenvalue weighted by Crippen LogP contribution is -2.29. The molecule has 1 aromatic rings. The van der Waals surface area contributed by atoms with Gasteiger partial charge in [0.1, 0.15) is 11.3 Å². The molecule has 0 radical (unpaired) electrons. The first-order valence-corrected chi connectivity index (χ1v) is 6.09. The van der Waals surface area contributed by atoms with E-state index in [1.807, 2.05) is 0 Å². The van der Waals surface area contributed by atoms with Crippen LogP contribution in [0.3, 0.4) is 0 Å². The van der Waals surface area contributed by atoms with E-state index < -0.39 is 12.0 Å². The third kappa shape index (κ3) is 4.32. The molecule has 0 unspecified atom stereocenters. The van der Waals surface area contributed by atoms with Gasteiger partial charge in [-0.2, -0.15) is 0 Å². The molecule has 0 aromatic heterocycles. The Balaban J connectivity index is 2.93. The minimum atomic E-state index is -1.18. The Labute approximate surface area is 125 Å². The molecule has 8 heteroatoms. The van der Waals surface area contributed by atoms with Crippen LogP contribution in [0.1, 0.15) is 10.4 Å². The molecule has 3 N–H and O–H groups in total. The Morgan fingerprint density at radius 2 is 2.10 bits per heavy atom. The van der Waals surface area contributed by atoms with Gasteiger partial charge in [-0.05, 0) is 6.07 Å². The van der Waals surface area contributed by atoms with Crippen molar-refractivity contribution < 1.29 is 19.4 Å². The lowest BCUT2D eigenvalue weighted by molar-refractivity contribution is 0.0693. The maximum absolute atomic E-state index is 11.5. The van der Waals surface area contributed by atoms with Crippen molar-refractivity contribution in [3.63, 3.8) is 0 Å². The standard InChI is InChI=1S/C12H12Cl2N2O4/c1-6(13)5-15-12(19)16-9-4-10(20-2)7(11(17)18)3-8(9)14/h3-4H,1,5H2,2H3,(H,17,18)(H2,15,16,19). The highest BCUT2D eigenvalue weighted by atomic mass is 35.5. The zero-order valence-electron chi connectivity index (χ0n) is 10.5. The number of hydrogen-bond acceptors (Lipinski definition) is 3. The maximum Gasteiger partial charge on any atom is 0.339 e. The summed E-state index contributed by atoms with van der Waals surface area (Å²) < 4.78 is 4.94. The van der Waals surface area contributed by atoms with Crippen molar-refractivity contribution >= 4 is 40.9 Å². The van der Waals surface area contributed by atoms with E-state index in [0.29, 0.717) is 0 Å². The number of carboxylic acid groups (broad SMARTS) is 1. The lowest BCUT2D eigenvalue weighted by atomic mass is 10.2. The van der Waals surface area contributed by atoms with Gasteiger partial charge in [0.15, 0.2) is 0 Å². The average Bonchev–Trinajstić information content (AvgIpc) is 2.38. The predicted molar refractivity (Wildman–Crippen MR) is 77.0 cm³/mol. The van der Waals surface area contributed by atoms with E-state index in [4.69, 9.17) is 33.0 Å². The molecule has 0 aliphatic carbocycles. The average molecular weight is 319 g/mol. The molecule has 0 fully saturated rings. The van der Waals surface area contributed by atoms with E-state index in [1.54, 1.807) is 0 Å². The van der Waals surface area contributed by atoms with Crippen molar-refractivity contribution in [2.24, 2.45) is 0 Å². The number of benzene rings is 1. The largest absolute Gasteiger partial charge is 0.496 e. The number of aromatic carboxylic acids is 1. The number of ether oxygens (including phenoxy) is 1. The summed E-state index contributed by atoms with van der Waals surface area (Å²) in [6.45, 7) is 3.51. The predicted octanol–water partition coefficient (Wildman–Crippen LogP) is 2.92. The van der Waals surface area contributed by atoms with Crippen molar-refractivity contribution in [3.05, 3.63) is 34.3 Å². The Morgan fingerprint density at radius 1 is 1.45 bits per heavy atom. The first-order chi connectivity index (χ1) is 9.35. The number of halogens is 2. The molecule has 20 heavy (non-hydrogen) atoms. The van der Waals surface area contributed by atoms with Gasteiger partial charge >= 0.3 is 12.0 Å². The molecule has 0 saturated carbocycles. The normalized spacial score (nSPS) is 9.75. The second kappa shape index (κ2) is 7.02. The van der Waals surface area contributed by atoms with Gasteiger partial charge in [0.25, 0.3) is 0 Å². The van der Waals surface area contributed by atoms with Crippen LogP contribution in [0.5, 0.6) is 5.75 Å². The number of nitrogens with one attached hydrogen (secondary N) is 2. The SMILES string of the molecule is C=C(Cl)CNC(=O)Nc1cc(OC)c(C(=O)O)cc1Cl. The van der Waals surface area contributed by atoms with Crippen molar-refractivity contribution in [2.45, 2.75) is 0 Å². The van der Waals surface area contributed by atoms with E-state index in [0.717, 1.165) is 0 Å². The van der Waals surface area contributed by atoms with Crippen molar-refractivity contribution in [2.75, 3.05) is 19.0 Å². The summed E-state index contributed by atoms with van der Waals surface area (Å²) in [5, 5.41) is 14.2. The van der Waals surface area contributed by atoms with Crippen LogP contribution < -0.4 is 15.4 Å². The summed E-state index contributed by atoms with van der Waals surface area (Å²) in [7, 11) is 1.32. The van der Waals surface area contributed by atoms with Gasteiger partial charge in [0.2, 0.25) is 0 Å². The molecule has 0 bridgehead atoms. The lowest BCUT2D eigenvalue weighted by Gasteiger charge is -2.12. The van der Waals surface area contributed by atoms with Crippen LogP contribution in [0.2, 0.25) is 5.02 Å². The van der Waals surface area contributed by atoms with Crippen molar-refractivity contribution in [1.29, 1.82) is 0 Å². The molecule has 0 saturated heterocycles. The second-order valence-electron chi connectivity index (χ2n) is 3.66. The highest BCUT2D eigenvalue weighted by molar-refractivity contribution is 6.34. The van der Waals surface area contributed by atoms with Gasteiger partial charge in [0, 0.05) is 11.1 Å². The van der Waals surface area contributed by atoms with Gasteiger partial charge in [-0.3, -0.25) is 0 Å². The van der Waals surface area contributed by atoms with Crippen LogP contribution in [-0.4, -0.2) is 30.8 Å². The van der Waals surface area contributed by atoms with Gasteiger partial charge < -0.3 is 20.5 Å². The Bertz CT molecular complexity index is 561. The van der Waals surface area contributed by atoms with Gasteiger partial charge in [-0.1, -0.05) is 29.8 Å². The second-order valence-corrected chi connectivity index (χ2v) is 4.60. The monoisotopic (exact) mass is 318 g/mol. The van der Waals surface area contributed by atoms with Crippen molar-refractivity contribution in [1.82, 2.24) is 5.32 Å². The first kappa shape index (κ1) is 16.1. The topological polar surface area (TPSA) is 87.7 Å². The summed E-state index contributed by atoms with van der Waals surface area (Å²) in [6.07, 6.45) is 0. The fourth-order valence-corrected chi connectivity index (χ4v) is 1.61. The Morgan fingerprint density at radius 3 is 2.60 bits per heavy atom. The first-order valence-electron chi connectivity index (χ1n) is 5.34. The fraction of sp³-hybridized carbons (Fsp3) is 0.167. The van der Waals surface area contributed by atoms with Crippen LogP contribution in [-0.2, 0) is 0 Å². The van der Waals surface area contributed by atoms with Gasteiger partial charge in [0.05, 0.1) is 24.4 Å². The number of amides is 2. The molecule has 0 atom stereocenters. The van der Waals surface area contributed by atoms with Crippen LogP contribution in [0.25, 0.3) is 0 Å². The molecule has 1 rings (SSSR count). The smallest absolute Gasteiger partial charge is 0.339 e. The number of carbonyl (C=O) groups excluding carboxylic acids is 1. The number of rotatable bonds is 5. The van der Waals surface area contributed by atoms with E-state index in [9.17, 15) is 9.59 Å². The van der Waals surface area contributed by atoms with Crippen molar-refractivity contribution in [3.8, 4) is 5.75 Å². The van der Waals surface area contributed by atoms with E-state index in [-0.39, 0.29) is 33.6 Å². The molecule has 2 amide bonds. The van der Waals surface area contributed by atoms with E-state index in [1.165, 1.54) is 19.2 Å². The number of anilines is 1. The highest BCUT2D eigenvalue weighted by Crippen LogP contribution is 2.30. The summed E-state index contributed by atoms with van der Waals surface area (Å²) in [5.74, 6) is -1.10. The summed E-state index contributed by atoms with van der Waals surface area (Å²) >= 11 is 11.4. The molecular formula is C12H12Cl2N2O4. The van der Waals surface area contributed by atoms with Crippen LogP contribution in [0.15, 0.2) is 23.7 Å². The third-order valence-electron chi connectivity index (χ3n) is 2.21. The van der Waals surface area contributed by atoms with Crippen LogP contribution in [0, 0.1) is 0 Å². The number of carbonyl (C=O) groups is 2. The third-order valence-corrected chi connectivity index (χ3v) is 2.65. The number of carboxylic acids is 1. The molecule has 108 valence electrons. The quantitative estimate of drug-likeness (QED) is 0.779. The Kier molecular flexibility index (Phi) is 5.66. The van der Waals surface area contributed by atoms with E-state index in [2.05, 4.69) is 17.2 Å². The fourth-order valence-electron chi connectivity index (χ4n) is 1.33. The van der Waals surface area contributed by atoms with E-state index >= 15 is 0 Å². The van der Waals surface area contributed by atoms with Gasteiger partial charge in [-0.25, -0.2) is 9.59 Å². The number of hydrogen-bond donors (Lipinski definition) is 3. The number of urea groups is 1. The summed E-state index contributed by atoms with van der Waals surface area (Å²) in [5.41, 5.74) is 0.115. The molecule has 0 heterocycles. The zero-order valence-corrected chi connectivity index (χ0v) is 12.0. The van der Waals surface area contributed by atoms with Crippen LogP contribution in [0.4, 0.5) is 10.5 Å². The molecule has 6 nitrogen and oxygen atoms in total. The minimum absolute atomic E-state index is 0.0723. The highest BCUT2D eigenvalue weighted by Gasteiger charge is 2.16. The molecule has 0 aliphatic rings. The summed E-state index contributed by atoms with van der Waals surface area (Å²) in [6, 6.07) is 1.96. The molecule has 0 spiro atoms. The molecule has 1 aromatic carbocycles. The van der Waals surface area contributed by atoms with Crippen LogP contribution >= 0.6 is 23.2 Å². The Hall–Kier alpha value is -1.92. The maximum atomic E-state index is 11.5. The van der Waals surface area contributed by atoms with Gasteiger partial charge in [-0.15, -0.1) is 0 Å². The minimum Gasteiger partial charge on any atom is -0.496 e. The zero-order chi connectivity index (χ0) is 15.3. The summed E-state index contributed by atoms with van der Waals surface area (Å²) in [4.78, 5) is 22.5.